The van der Waals surface area contributed by atoms with E-state index in [0.29, 0.717) is 19.6 Å². The molecule has 1 fully saturated rings. The van der Waals surface area contributed by atoms with Gasteiger partial charge in [0, 0.05) is 30.9 Å². The molecule has 1 aliphatic heterocycles. The van der Waals surface area contributed by atoms with E-state index in [0.717, 1.165) is 35.6 Å². The third-order valence-electron chi connectivity index (χ3n) is 4.49. The molecule has 124 valence electrons. The van der Waals surface area contributed by atoms with Gasteiger partial charge in [-0.15, -0.1) is 0 Å². The van der Waals surface area contributed by atoms with E-state index in [1.165, 1.54) is 12.1 Å². The van der Waals surface area contributed by atoms with Crippen molar-refractivity contribution >= 4 is 0 Å². The summed E-state index contributed by atoms with van der Waals surface area (Å²) in [6, 6.07) is 6.32. The molecule has 3 rings (SSSR count). The molecule has 0 radical (unpaired) electrons. The van der Waals surface area contributed by atoms with E-state index >= 15 is 0 Å². The molecule has 1 atom stereocenters. The van der Waals surface area contributed by atoms with Gasteiger partial charge in [-0.2, -0.15) is 5.10 Å². The number of hydrogen-bond donors (Lipinski definition) is 3. The SMILES string of the molecule is Cc1nn(-c2ccc(F)cc2)c(C)c1CNCC1(O)CCNC1. The Balaban J connectivity index is 1.72. The average molecular weight is 318 g/mol. The Labute approximate surface area is 135 Å². The highest BCUT2D eigenvalue weighted by Crippen LogP contribution is 2.19. The Bertz CT molecular complexity index is 675. The van der Waals surface area contributed by atoms with Crippen molar-refractivity contribution in [2.45, 2.75) is 32.4 Å². The summed E-state index contributed by atoms with van der Waals surface area (Å²) in [4.78, 5) is 0. The van der Waals surface area contributed by atoms with Gasteiger partial charge in [-0.25, -0.2) is 9.07 Å². The maximum atomic E-state index is 13.1. The fourth-order valence-corrected chi connectivity index (χ4v) is 3.07. The molecule has 0 bridgehead atoms. The number of β-amino-alcohol motifs (C(OH)–C–C–N with tert-alkyl or cyclic N) is 1. The second-order valence-corrected chi connectivity index (χ2v) is 6.29. The highest BCUT2D eigenvalue weighted by atomic mass is 19.1. The van der Waals surface area contributed by atoms with Crippen molar-refractivity contribution < 1.29 is 9.50 Å². The zero-order chi connectivity index (χ0) is 16.4. The lowest BCUT2D eigenvalue weighted by molar-refractivity contribution is 0.0608. The number of nitrogens with one attached hydrogen (secondary N) is 2. The fourth-order valence-electron chi connectivity index (χ4n) is 3.07. The number of nitrogens with zero attached hydrogens (tertiary/aromatic N) is 2. The zero-order valence-corrected chi connectivity index (χ0v) is 13.6. The Morgan fingerprint density at radius 2 is 2.09 bits per heavy atom. The lowest BCUT2D eigenvalue weighted by Gasteiger charge is -2.21. The van der Waals surface area contributed by atoms with Crippen LogP contribution in [0.15, 0.2) is 24.3 Å². The molecule has 1 saturated heterocycles. The molecule has 6 heteroatoms. The molecular formula is C17H23FN4O. The Morgan fingerprint density at radius 3 is 2.74 bits per heavy atom. The van der Waals surface area contributed by atoms with Gasteiger partial charge in [0.1, 0.15) is 5.82 Å². The van der Waals surface area contributed by atoms with Crippen LogP contribution in [0.25, 0.3) is 5.69 Å². The first-order valence-electron chi connectivity index (χ1n) is 7.93. The minimum atomic E-state index is -0.658. The normalized spacial score (nSPS) is 21.0. The van der Waals surface area contributed by atoms with Crippen LogP contribution in [-0.2, 0) is 6.54 Å². The van der Waals surface area contributed by atoms with Crippen LogP contribution in [0.4, 0.5) is 4.39 Å². The summed E-state index contributed by atoms with van der Waals surface area (Å²) in [5.41, 5.74) is 3.27. The largest absolute Gasteiger partial charge is 0.387 e. The van der Waals surface area contributed by atoms with Crippen LogP contribution in [0, 0.1) is 19.7 Å². The molecule has 0 spiro atoms. The van der Waals surface area contributed by atoms with Crippen molar-refractivity contribution in [3.8, 4) is 5.69 Å². The highest BCUT2D eigenvalue weighted by Gasteiger charge is 2.30. The molecular weight excluding hydrogens is 295 g/mol. The van der Waals surface area contributed by atoms with Crippen molar-refractivity contribution in [2.24, 2.45) is 0 Å². The molecule has 5 nitrogen and oxygen atoms in total. The smallest absolute Gasteiger partial charge is 0.123 e. The first-order chi connectivity index (χ1) is 11.0. The van der Waals surface area contributed by atoms with Gasteiger partial charge < -0.3 is 15.7 Å². The molecule has 1 aliphatic rings. The van der Waals surface area contributed by atoms with Crippen molar-refractivity contribution in [1.82, 2.24) is 20.4 Å². The molecule has 2 aromatic rings. The lowest BCUT2D eigenvalue weighted by atomic mass is 10.0. The number of aromatic nitrogens is 2. The van der Waals surface area contributed by atoms with Gasteiger partial charge in [0.2, 0.25) is 0 Å². The lowest BCUT2D eigenvalue weighted by Crippen LogP contribution is -2.42. The van der Waals surface area contributed by atoms with Crippen LogP contribution < -0.4 is 10.6 Å². The van der Waals surface area contributed by atoms with Crippen LogP contribution in [0.5, 0.6) is 0 Å². The van der Waals surface area contributed by atoms with Crippen molar-refractivity contribution in [3.05, 3.63) is 47.0 Å². The minimum Gasteiger partial charge on any atom is -0.387 e. The second-order valence-electron chi connectivity index (χ2n) is 6.29. The number of halogens is 1. The number of benzene rings is 1. The van der Waals surface area contributed by atoms with E-state index in [9.17, 15) is 9.50 Å². The van der Waals surface area contributed by atoms with Crippen molar-refractivity contribution in [1.29, 1.82) is 0 Å². The van der Waals surface area contributed by atoms with Gasteiger partial charge in [0.15, 0.2) is 0 Å². The summed E-state index contributed by atoms with van der Waals surface area (Å²) in [7, 11) is 0. The van der Waals surface area contributed by atoms with Gasteiger partial charge in [0.05, 0.1) is 17.0 Å². The molecule has 23 heavy (non-hydrogen) atoms. The third-order valence-corrected chi connectivity index (χ3v) is 4.49. The molecule has 0 amide bonds. The van der Waals surface area contributed by atoms with Gasteiger partial charge >= 0.3 is 0 Å². The molecule has 2 heterocycles. The van der Waals surface area contributed by atoms with Crippen LogP contribution in [-0.4, -0.2) is 40.1 Å². The summed E-state index contributed by atoms with van der Waals surface area (Å²) in [6.07, 6.45) is 0.771. The van der Waals surface area contributed by atoms with E-state index in [1.54, 1.807) is 12.1 Å². The molecule has 1 aromatic heterocycles. The quantitative estimate of drug-likeness (QED) is 0.781. The maximum absolute atomic E-state index is 13.1. The molecule has 1 unspecified atom stereocenters. The van der Waals surface area contributed by atoms with Crippen LogP contribution in [0.1, 0.15) is 23.4 Å². The standard InChI is InChI=1S/C17H23FN4O/c1-12-16(9-20-11-17(23)7-8-19-10-17)13(2)22(21-12)15-5-3-14(18)4-6-15/h3-6,19-20,23H,7-11H2,1-2H3. The number of aryl methyl sites for hydroxylation is 1. The average Bonchev–Trinajstić information content (AvgIpc) is 3.07. The topological polar surface area (TPSA) is 62.1 Å². The molecule has 1 aromatic carbocycles. The summed E-state index contributed by atoms with van der Waals surface area (Å²) in [5.74, 6) is -0.254. The maximum Gasteiger partial charge on any atom is 0.123 e. The van der Waals surface area contributed by atoms with E-state index in [-0.39, 0.29) is 5.82 Å². The Morgan fingerprint density at radius 1 is 1.35 bits per heavy atom. The van der Waals surface area contributed by atoms with Gasteiger partial charge in [0.25, 0.3) is 0 Å². The van der Waals surface area contributed by atoms with Crippen LogP contribution in [0.2, 0.25) is 0 Å². The van der Waals surface area contributed by atoms with Crippen LogP contribution in [0.3, 0.4) is 0 Å². The zero-order valence-electron chi connectivity index (χ0n) is 13.6. The number of aliphatic hydroxyl groups is 1. The van der Waals surface area contributed by atoms with E-state index in [1.807, 2.05) is 18.5 Å². The Kier molecular flexibility index (Phi) is 4.48. The highest BCUT2D eigenvalue weighted by molar-refractivity contribution is 5.37. The Hall–Kier alpha value is -1.76. The van der Waals surface area contributed by atoms with E-state index in [2.05, 4.69) is 15.7 Å². The van der Waals surface area contributed by atoms with Crippen LogP contribution >= 0.6 is 0 Å². The summed E-state index contributed by atoms with van der Waals surface area (Å²) < 4.78 is 14.9. The molecule has 0 saturated carbocycles. The first kappa shape index (κ1) is 16.1. The minimum absolute atomic E-state index is 0.254. The summed E-state index contributed by atoms with van der Waals surface area (Å²) >= 11 is 0. The van der Waals surface area contributed by atoms with Crippen molar-refractivity contribution in [3.63, 3.8) is 0 Å². The summed E-state index contributed by atoms with van der Waals surface area (Å²) in [6.45, 7) is 6.68. The van der Waals surface area contributed by atoms with Gasteiger partial charge in [-0.3, -0.25) is 0 Å². The van der Waals surface area contributed by atoms with Gasteiger partial charge in [-0.1, -0.05) is 0 Å². The van der Waals surface area contributed by atoms with E-state index in [4.69, 9.17) is 0 Å². The first-order valence-corrected chi connectivity index (χ1v) is 7.93. The number of rotatable bonds is 5. The predicted octanol–water partition coefficient (Wildman–Crippen LogP) is 1.44. The third kappa shape index (κ3) is 3.44. The van der Waals surface area contributed by atoms with E-state index < -0.39 is 5.60 Å². The monoisotopic (exact) mass is 318 g/mol. The summed E-state index contributed by atoms with van der Waals surface area (Å²) in [5, 5.41) is 21.4. The molecule has 3 N–H and O–H groups in total. The number of hydrogen-bond acceptors (Lipinski definition) is 4. The second kappa shape index (κ2) is 6.39. The predicted molar refractivity (Wildman–Crippen MR) is 87.1 cm³/mol. The van der Waals surface area contributed by atoms with Gasteiger partial charge in [-0.05, 0) is 51.1 Å². The fraction of sp³-hybridized carbons (Fsp3) is 0.471. The van der Waals surface area contributed by atoms with Crippen molar-refractivity contribution in [2.75, 3.05) is 19.6 Å². The molecule has 0 aliphatic carbocycles.